The highest BCUT2D eigenvalue weighted by atomic mass is 127. The summed E-state index contributed by atoms with van der Waals surface area (Å²) in [5, 5.41) is 0. The Kier molecular flexibility index (Phi) is 8.73. The van der Waals surface area contributed by atoms with Crippen LogP contribution in [0, 0.1) is 6.92 Å². The molecule has 0 N–H and O–H groups in total. The Labute approximate surface area is 212 Å². The van der Waals surface area contributed by atoms with Crippen LogP contribution in [0.3, 0.4) is 0 Å². The molecule has 4 heteroatoms. The van der Waals surface area contributed by atoms with Crippen LogP contribution in [-0.4, -0.2) is 0 Å². The molecule has 1 atom stereocenters. The molecule has 0 saturated heterocycles. The molecule has 172 valence electrons. The van der Waals surface area contributed by atoms with Gasteiger partial charge in [-0.25, -0.2) is 4.57 Å². The molecule has 0 radical (unpaired) electrons. The Morgan fingerprint density at radius 3 is 2.73 bits per heavy atom. The van der Waals surface area contributed by atoms with Crippen LogP contribution >= 0.6 is 23.0 Å². The molecule has 0 amide bonds. The molecule has 33 heavy (non-hydrogen) atoms. The standard InChI is InChI=1S/C29H33INO2/c1-7-8-9-10-13-20(2)25-19-28-24(18-21(25)3)15-16-27(33-30)22(4)29(23(5)32-28)26-14-11-12-17-31(26)6/h8-14,16-20H,5,7,15H2,1-4,6H3/q+1/b9-8-,13-10-,27-16+,29-22?. The van der Waals surface area contributed by atoms with E-state index in [1.54, 1.807) is 0 Å². The van der Waals surface area contributed by atoms with Crippen LogP contribution in [0.1, 0.15) is 55.5 Å². The maximum absolute atomic E-state index is 6.50. The Hall–Kier alpha value is -2.60. The molecule has 1 aliphatic rings. The van der Waals surface area contributed by atoms with Gasteiger partial charge in [-0.1, -0.05) is 50.8 Å². The van der Waals surface area contributed by atoms with Gasteiger partial charge in [0.25, 0.3) is 0 Å². The van der Waals surface area contributed by atoms with Gasteiger partial charge in [0.2, 0.25) is 5.69 Å². The first-order valence-corrected chi connectivity index (χ1v) is 12.2. The number of halogens is 1. The monoisotopic (exact) mass is 554 g/mol. The fourth-order valence-electron chi connectivity index (χ4n) is 4.14. The lowest BCUT2D eigenvalue weighted by atomic mass is 9.93. The SMILES string of the molecule is C=C1Oc2cc(C(C)/C=C\C=C/CC)c(C)cc2C/C=C(/OI)C(C)=C1c1cccc[n+]1C. The number of ether oxygens (including phenoxy) is 1. The number of aromatic nitrogens is 1. The van der Waals surface area contributed by atoms with E-state index in [2.05, 4.69) is 87.4 Å². The van der Waals surface area contributed by atoms with Crippen LogP contribution in [0.2, 0.25) is 0 Å². The molecule has 1 aliphatic heterocycles. The van der Waals surface area contributed by atoms with E-state index in [1.165, 1.54) is 11.1 Å². The molecule has 2 aromatic rings. The number of rotatable bonds is 6. The predicted octanol–water partition coefficient (Wildman–Crippen LogP) is 7.62. The Bertz CT molecular complexity index is 1150. The number of benzene rings is 1. The van der Waals surface area contributed by atoms with Crippen LogP contribution in [0.15, 0.2) is 90.6 Å². The summed E-state index contributed by atoms with van der Waals surface area (Å²) in [5.41, 5.74) is 6.59. The zero-order valence-electron chi connectivity index (χ0n) is 20.2. The van der Waals surface area contributed by atoms with Crippen LogP contribution in [-0.2, 0) is 16.5 Å². The van der Waals surface area contributed by atoms with Gasteiger partial charge in [0.05, 0.1) is 5.57 Å². The smallest absolute Gasteiger partial charge is 0.216 e. The lowest BCUT2D eigenvalue weighted by Gasteiger charge is -2.18. The number of hydrogen-bond donors (Lipinski definition) is 0. The van der Waals surface area contributed by atoms with Gasteiger partial charge in [-0.05, 0) is 67.5 Å². The zero-order chi connectivity index (χ0) is 24.0. The first kappa shape index (κ1) is 25.0. The summed E-state index contributed by atoms with van der Waals surface area (Å²) in [6.07, 6.45) is 14.5. The van der Waals surface area contributed by atoms with E-state index in [1.807, 2.05) is 48.4 Å². The summed E-state index contributed by atoms with van der Waals surface area (Å²) < 4.78 is 14.3. The second kappa shape index (κ2) is 11.5. The van der Waals surface area contributed by atoms with Gasteiger partial charge in [-0.15, -0.1) is 0 Å². The van der Waals surface area contributed by atoms with Gasteiger partial charge >= 0.3 is 0 Å². The van der Waals surface area contributed by atoms with E-state index in [4.69, 9.17) is 7.80 Å². The molecule has 1 aromatic heterocycles. The molecule has 0 fully saturated rings. The van der Waals surface area contributed by atoms with Crippen LogP contribution < -0.4 is 9.30 Å². The van der Waals surface area contributed by atoms with Crippen LogP contribution in [0.4, 0.5) is 0 Å². The average Bonchev–Trinajstić information content (AvgIpc) is 2.83. The predicted molar refractivity (Wildman–Crippen MR) is 145 cm³/mol. The van der Waals surface area contributed by atoms with E-state index >= 15 is 0 Å². The second-order valence-electron chi connectivity index (χ2n) is 8.40. The molecule has 0 spiro atoms. The van der Waals surface area contributed by atoms with Crippen molar-refractivity contribution in [1.29, 1.82) is 0 Å². The third kappa shape index (κ3) is 5.85. The Balaban J connectivity index is 2.09. The normalized spacial score (nSPS) is 17.2. The number of nitrogens with zero attached hydrogens (tertiary/aromatic N) is 1. The number of fused-ring (bicyclic) bond motifs is 1. The van der Waals surface area contributed by atoms with Gasteiger partial charge in [0.1, 0.15) is 24.3 Å². The molecular weight excluding hydrogens is 521 g/mol. The molecule has 0 aliphatic carbocycles. The number of allylic oxidation sites excluding steroid dienone is 7. The van der Waals surface area contributed by atoms with Crippen molar-refractivity contribution in [3.63, 3.8) is 0 Å². The Morgan fingerprint density at radius 2 is 2.03 bits per heavy atom. The third-order valence-electron chi connectivity index (χ3n) is 5.98. The highest BCUT2D eigenvalue weighted by molar-refractivity contribution is 14.1. The van der Waals surface area contributed by atoms with Crippen molar-refractivity contribution in [2.75, 3.05) is 0 Å². The minimum Gasteiger partial charge on any atom is -0.457 e. The summed E-state index contributed by atoms with van der Waals surface area (Å²) in [4.78, 5) is 0. The van der Waals surface area contributed by atoms with E-state index in [0.29, 0.717) is 5.76 Å². The van der Waals surface area contributed by atoms with Crippen molar-refractivity contribution in [3.8, 4) is 5.75 Å². The summed E-state index contributed by atoms with van der Waals surface area (Å²) in [7, 11) is 2.03. The van der Waals surface area contributed by atoms with Crippen molar-refractivity contribution in [2.24, 2.45) is 7.05 Å². The van der Waals surface area contributed by atoms with Gasteiger partial charge in [-0.3, -0.25) is 0 Å². The molecule has 1 unspecified atom stereocenters. The largest absolute Gasteiger partial charge is 0.457 e. The molecule has 3 rings (SSSR count). The minimum atomic E-state index is 0.272. The fraction of sp³-hybridized carbons (Fsp3) is 0.276. The second-order valence-corrected chi connectivity index (χ2v) is 8.84. The molecule has 1 aromatic carbocycles. The fourth-order valence-corrected chi connectivity index (χ4v) is 4.65. The Morgan fingerprint density at radius 1 is 1.24 bits per heavy atom. The van der Waals surface area contributed by atoms with Crippen molar-refractivity contribution in [2.45, 2.75) is 46.5 Å². The average molecular weight is 554 g/mol. The number of hydrogen-bond acceptors (Lipinski definition) is 2. The third-order valence-corrected chi connectivity index (χ3v) is 6.45. The first-order chi connectivity index (χ1) is 15.9. The van der Waals surface area contributed by atoms with Gasteiger partial charge < -0.3 is 7.80 Å². The van der Waals surface area contributed by atoms with Crippen LogP contribution in [0.5, 0.6) is 5.75 Å². The maximum Gasteiger partial charge on any atom is 0.216 e. The van der Waals surface area contributed by atoms with E-state index in [9.17, 15) is 0 Å². The lowest BCUT2D eigenvalue weighted by molar-refractivity contribution is -0.673. The number of aryl methyl sites for hydroxylation is 2. The summed E-state index contributed by atoms with van der Waals surface area (Å²) in [6.45, 7) is 12.9. The summed E-state index contributed by atoms with van der Waals surface area (Å²) in [6, 6.07) is 10.5. The topological polar surface area (TPSA) is 22.3 Å². The molecule has 2 heterocycles. The van der Waals surface area contributed by atoms with Crippen LogP contribution in [0.25, 0.3) is 5.57 Å². The minimum absolute atomic E-state index is 0.272. The van der Waals surface area contributed by atoms with Crippen molar-refractivity contribution in [1.82, 2.24) is 0 Å². The number of pyridine rings is 1. The zero-order valence-corrected chi connectivity index (χ0v) is 22.3. The van der Waals surface area contributed by atoms with Gasteiger partial charge in [0, 0.05) is 17.7 Å². The molecular formula is C29H33INO2+. The molecule has 3 nitrogen and oxygen atoms in total. The summed E-state index contributed by atoms with van der Waals surface area (Å²) in [5.74, 6) is 2.56. The summed E-state index contributed by atoms with van der Waals surface area (Å²) >= 11 is 1.96. The first-order valence-electron chi connectivity index (χ1n) is 11.4. The van der Waals surface area contributed by atoms with Crippen molar-refractivity contribution >= 4 is 28.6 Å². The lowest BCUT2D eigenvalue weighted by Crippen LogP contribution is -2.33. The van der Waals surface area contributed by atoms with E-state index < -0.39 is 0 Å². The van der Waals surface area contributed by atoms with Crippen molar-refractivity contribution < 1.29 is 12.4 Å². The quantitative estimate of drug-likeness (QED) is 0.208. The van der Waals surface area contributed by atoms with Gasteiger partial charge in [-0.2, -0.15) is 0 Å². The highest BCUT2D eigenvalue weighted by Crippen LogP contribution is 2.37. The molecule has 0 bridgehead atoms. The van der Waals surface area contributed by atoms with Crippen molar-refractivity contribution in [3.05, 3.63) is 113 Å². The highest BCUT2D eigenvalue weighted by Gasteiger charge is 2.25. The van der Waals surface area contributed by atoms with E-state index in [0.717, 1.165) is 46.8 Å². The maximum atomic E-state index is 6.50. The van der Waals surface area contributed by atoms with Gasteiger partial charge in [0.15, 0.2) is 29.2 Å². The molecule has 0 saturated carbocycles. The van der Waals surface area contributed by atoms with E-state index in [-0.39, 0.29) is 5.92 Å².